The van der Waals surface area contributed by atoms with Gasteiger partial charge in [-0.25, -0.2) is 0 Å². The fourth-order valence-electron chi connectivity index (χ4n) is 1.61. The third-order valence-electron chi connectivity index (χ3n) is 2.50. The molecule has 1 aliphatic carbocycles. The maximum absolute atomic E-state index is 3.48. The lowest BCUT2D eigenvalue weighted by atomic mass is 10.2. The quantitative estimate of drug-likeness (QED) is 0.716. The van der Waals surface area contributed by atoms with Crippen molar-refractivity contribution in [3.8, 4) is 0 Å². The average Bonchev–Trinajstić information content (AvgIpc) is 2.83. The predicted octanol–water partition coefficient (Wildman–Crippen LogP) is 2.74. The van der Waals surface area contributed by atoms with Crippen LogP contribution >= 0.6 is 0 Å². The molecule has 0 spiro atoms. The van der Waals surface area contributed by atoms with Gasteiger partial charge in [-0.3, -0.25) is 0 Å². The number of hydrogen-bond donors (Lipinski definition) is 2. The molecule has 0 aliphatic heterocycles. The molecule has 0 amide bonds. The normalized spacial score (nSPS) is 16.3. The first-order valence-electron chi connectivity index (χ1n) is 4.75. The minimum atomic E-state index is 0.733. The second-order valence-corrected chi connectivity index (χ2v) is 3.70. The molecule has 1 aromatic carbocycles. The number of H-pyrrole nitrogens is 1. The van der Waals surface area contributed by atoms with Gasteiger partial charge in [-0.05, 0) is 37.1 Å². The number of aromatic nitrogens is 1. The number of fused-ring (bicyclic) bond motifs is 1. The number of hydrogen-bond acceptors (Lipinski definition) is 1. The van der Waals surface area contributed by atoms with Crippen molar-refractivity contribution in [3.63, 3.8) is 0 Å². The summed E-state index contributed by atoms with van der Waals surface area (Å²) >= 11 is 0. The molecule has 1 aliphatic rings. The van der Waals surface area contributed by atoms with E-state index in [-0.39, 0.29) is 0 Å². The van der Waals surface area contributed by atoms with Crippen LogP contribution in [0.3, 0.4) is 0 Å². The summed E-state index contributed by atoms with van der Waals surface area (Å²) in [6.45, 7) is 0. The van der Waals surface area contributed by atoms with Crippen LogP contribution in [0.1, 0.15) is 12.8 Å². The van der Waals surface area contributed by atoms with E-state index in [4.69, 9.17) is 0 Å². The van der Waals surface area contributed by atoms with Crippen LogP contribution in [0.15, 0.2) is 30.5 Å². The van der Waals surface area contributed by atoms with E-state index < -0.39 is 0 Å². The zero-order chi connectivity index (χ0) is 8.67. The van der Waals surface area contributed by atoms with Crippen molar-refractivity contribution in [3.05, 3.63) is 30.5 Å². The van der Waals surface area contributed by atoms with Gasteiger partial charge in [-0.15, -0.1) is 0 Å². The first-order valence-corrected chi connectivity index (χ1v) is 4.75. The van der Waals surface area contributed by atoms with E-state index in [1.54, 1.807) is 0 Å². The molecule has 0 saturated heterocycles. The smallest absolute Gasteiger partial charge is 0.0455 e. The number of benzene rings is 1. The number of rotatable bonds is 2. The van der Waals surface area contributed by atoms with Crippen molar-refractivity contribution in [2.24, 2.45) is 0 Å². The molecule has 0 atom stereocenters. The van der Waals surface area contributed by atoms with Gasteiger partial charge >= 0.3 is 0 Å². The van der Waals surface area contributed by atoms with Crippen LogP contribution in [0.2, 0.25) is 0 Å². The van der Waals surface area contributed by atoms with E-state index in [1.807, 2.05) is 6.20 Å². The van der Waals surface area contributed by atoms with E-state index in [1.165, 1.54) is 29.4 Å². The molecule has 1 heterocycles. The van der Waals surface area contributed by atoms with E-state index in [9.17, 15) is 0 Å². The highest BCUT2D eigenvalue weighted by molar-refractivity contribution is 5.83. The molecule has 3 rings (SSSR count). The van der Waals surface area contributed by atoms with Gasteiger partial charge in [0, 0.05) is 28.8 Å². The minimum absolute atomic E-state index is 0.733. The van der Waals surface area contributed by atoms with Gasteiger partial charge in [0.05, 0.1) is 0 Å². The van der Waals surface area contributed by atoms with Crippen LogP contribution in [0.4, 0.5) is 5.69 Å². The molecule has 2 aromatic rings. The Kier molecular flexibility index (Phi) is 1.36. The molecule has 0 bridgehead atoms. The summed E-state index contributed by atoms with van der Waals surface area (Å²) in [6, 6.07) is 9.30. The molecule has 2 N–H and O–H groups in total. The van der Waals surface area contributed by atoms with E-state index >= 15 is 0 Å². The van der Waals surface area contributed by atoms with Crippen LogP contribution < -0.4 is 5.32 Å². The third kappa shape index (κ3) is 1.28. The van der Waals surface area contributed by atoms with Crippen molar-refractivity contribution in [2.45, 2.75) is 18.9 Å². The second-order valence-electron chi connectivity index (χ2n) is 3.70. The second kappa shape index (κ2) is 2.52. The maximum atomic E-state index is 3.48. The van der Waals surface area contributed by atoms with E-state index in [0.717, 1.165) is 6.04 Å². The van der Waals surface area contributed by atoms with Gasteiger partial charge in [-0.1, -0.05) is 0 Å². The average molecular weight is 172 g/mol. The van der Waals surface area contributed by atoms with Gasteiger partial charge in [-0.2, -0.15) is 0 Å². The SMILES string of the molecule is c1cc2cc(NC3CC3)ccc2[nH]1. The minimum Gasteiger partial charge on any atom is -0.382 e. The van der Waals surface area contributed by atoms with Crippen molar-refractivity contribution >= 4 is 16.6 Å². The third-order valence-corrected chi connectivity index (χ3v) is 2.50. The Hall–Kier alpha value is -1.44. The zero-order valence-corrected chi connectivity index (χ0v) is 7.38. The number of aromatic amines is 1. The lowest BCUT2D eigenvalue weighted by Crippen LogP contribution is -1.99. The summed E-state index contributed by atoms with van der Waals surface area (Å²) < 4.78 is 0. The number of anilines is 1. The van der Waals surface area contributed by atoms with Crippen LogP contribution in [0.25, 0.3) is 10.9 Å². The highest BCUT2D eigenvalue weighted by Crippen LogP contribution is 2.26. The Morgan fingerprint density at radius 2 is 2.15 bits per heavy atom. The van der Waals surface area contributed by atoms with Crippen molar-refractivity contribution in [1.82, 2.24) is 4.98 Å². The Labute approximate surface area is 77.0 Å². The van der Waals surface area contributed by atoms with Crippen LogP contribution in [-0.2, 0) is 0 Å². The highest BCUT2D eigenvalue weighted by atomic mass is 14.9. The molecule has 0 radical (unpaired) electrons. The van der Waals surface area contributed by atoms with Crippen LogP contribution in [0.5, 0.6) is 0 Å². The van der Waals surface area contributed by atoms with Crippen LogP contribution in [0, 0.1) is 0 Å². The van der Waals surface area contributed by atoms with Crippen molar-refractivity contribution < 1.29 is 0 Å². The van der Waals surface area contributed by atoms with Gasteiger partial charge < -0.3 is 10.3 Å². The monoisotopic (exact) mass is 172 g/mol. The molecule has 2 heteroatoms. The summed E-state index contributed by atoms with van der Waals surface area (Å²) in [5.74, 6) is 0. The molecule has 13 heavy (non-hydrogen) atoms. The van der Waals surface area contributed by atoms with Crippen LogP contribution in [-0.4, -0.2) is 11.0 Å². The highest BCUT2D eigenvalue weighted by Gasteiger charge is 2.20. The first kappa shape index (κ1) is 7.01. The summed E-state index contributed by atoms with van der Waals surface area (Å²) in [5.41, 5.74) is 2.45. The largest absolute Gasteiger partial charge is 0.382 e. The Morgan fingerprint density at radius 1 is 1.23 bits per heavy atom. The van der Waals surface area contributed by atoms with E-state index in [0.29, 0.717) is 0 Å². The maximum Gasteiger partial charge on any atom is 0.0455 e. The van der Waals surface area contributed by atoms with Gasteiger partial charge in [0.2, 0.25) is 0 Å². The summed E-state index contributed by atoms with van der Waals surface area (Å²) in [6.07, 6.45) is 4.63. The van der Waals surface area contributed by atoms with Crippen molar-refractivity contribution in [2.75, 3.05) is 5.32 Å². The number of nitrogens with one attached hydrogen (secondary N) is 2. The van der Waals surface area contributed by atoms with Gasteiger partial charge in [0.25, 0.3) is 0 Å². The summed E-state index contributed by atoms with van der Waals surface area (Å²) in [4.78, 5) is 3.19. The molecular formula is C11H12N2. The molecule has 1 fully saturated rings. The van der Waals surface area contributed by atoms with Gasteiger partial charge in [0.15, 0.2) is 0 Å². The molecule has 1 saturated carbocycles. The topological polar surface area (TPSA) is 27.8 Å². The predicted molar refractivity (Wildman–Crippen MR) is 54.9 cm³/mol. The first-order chi connectivity index (χ1) is 6.42. The molecule has 2 nitrogen and oxygen atoms in total. The zero-order valence-electron chi connectivity index (χ0n) is 7.38. The standard InChI is InChI=1S/C11H12N2/c1-2-9(1)13-10-3-4-11-8(7-10)5-6-12-11/h3-7,9,12-13H,1-2H2. The lowest BCUT2D eigenvalue weighted by molar-refractivity contribution is 1.16. The molecular weight excluding hydrogens is 160 g/mol. The lowest BCUT2D eigenvalue weighted by Gasteiger charge is -2.03. The fourth-order valence-corrected chi connectivity index (χ4v) is 1.61. The van der Waals surface area contributed by atoms with Gasteiger partial charge in [0.1, 0.15) is 0 Å². The Morgan fingerprint density at radius 3 is 3.00 bits per heavy atom. The molecule has 0 unspecified atom stereocenters. The Balaban J connectivity index is 1.99. The molecule has 66 valence electrons. The Bertz CT molecular complexity index is 426. The van der Waals surface area contributed by atoms with Crippen molar-refractivity contribution in [1.29, 1.82) is 0 Å². The summed E-state index contributed by atoms with van der Waals surface area (Å²) in [7, 11) is 0. The fraction of sp³-hybridized carbons (Fsp3) is 0.273. The molecule has 1 aromatic heterocycles. The van der Waals surface area contributed by atoms with E-state index in [2.05, 4.69) is 34.6 Å². The summed E-state index contributed by atoms with van der Waals surface area (Å²) in [5, 5.41) is 4.77.